The van der Waals surface area contributed by atoms with E-state index in [9.17, 15) is 8.42 Å². The molecular weight excluding hydrogens is 331 g/mol. The normalized spacial score (nSPS) is 12.1. The molecule has 7 heteroatoms. The average molecular weight is 347 g/mol. The lowest BCUT2D eigenvalue weighted by atomic mass is 10.1. The van der Waals surface area contributed by atoms with Crippen LogP contribution in [0.4, 0.5) is 0 Å². The molecule has 0 spiro atoms. The first-order chi connectivity index (χ1) is 9.70. The van der Waals surface area contributed by atoms with Gasteiger partial charge in [0.25, 0.3) is 9.05 Å². The number of halogens is 2. The summed E-state index contributed by atoms with van der Waals surface area (Å²) in [5.41, 5.74) is 2.13. The summed E-state index contributed by atoms with van der Waals surface area (Å²) in [5.74, 6) is 0.235. The van der Waals surface area contributed by atoms with Gasteiger partial charge in [-0.15, -0.1) is 0 Å². The van der Waals surface area contributed by atoms with Crippen molar-refractivity contribution >= 4 is 31.3 Å². The lowest BCUT2D eigenvalue weighted by Crippen LogP contribution is -2.01. The van der Waals surface area contributed by atoms with Crippen LogP contribution in [-0.4, -0.2) is 18.2 Å². The van der Waals surface area contributed by atoms with E-state index in [4.69, 9.17) is 22.3 Å². The van der Waals surface area contributed by atoms with Gasteiger partial charge in [-0.1, -0.05) is 37.6 Å². The molecule has 0 fully saturated rings. The molecule has 114 valence electrons. The van der Waals surface area contributed by atoms with Gasteiger partial charge in [0.1, 0.15) is 4.90 Å². The van der Waals surface area contributed by atoms with Crippen LogP contribution in [0.1, 0.15) is 25.1 Å². The highest BCUT2D eigenvalue weighted by atomic mass is 35.7. The van der Waals surface area contributed by atoms with Gasteiger partial charge < -0.3 is 0 Å². The lowest BCUT2D eigenvalue weighted by Gasteiger charge is -2.04. The fourth-order valence-electron chi connectivity index (χ4n) is 2.12. The highest BCUT2D eigenvalue weighted by molar-refractivity contribution is 8.13. The first kappa shape index (κ1) is 16.3. The minimum Gasteiger partial charge on any atom is -0.220 e. The molecule has 2 rings (SSSR count). The zero-order valence-electron chi connectivity index (χ0n) is 12.0. The van der Waals surface area contributed by atoms with E-state index >= 15 is 0 Å². The van der Waals surface area contributed by atoms with E-state index in [0.29, 0.717) is 17.8 Å². The first-order valence-corrected chi connectivity index (χ1v) is 9.18. The number of aryl methyl sites for hydroxylation is 1. The topological polar surface area (TPSA) is 52.0 Å². The number of hydrogen-bond donors (Lipinski definition) is 0. The van der Waals surface area contributed by atoms with Crippen LogP contribution < -0.4 is 0 Å². The number of rotatable bonds is 4. The van der Waals surface area contributed by atoms with Gasteiger partial charge in [-0.2, -0.15) is 5.10 Å². The number of hydrogen-bond acceptors (Lipinski definition) is 3. The van der Waals surface area contributed by atoms with Crippen molar-refractivity contribution in [1.82, 2.24) is 9.78 Å². The van der Waals surface area contributed by atoms with Gasteiger partial charge in [0.05, 0.1) is 11.4 Å². The Hall–Kier alpha value is -1.04. The van der Waals surface area contributed by atoms with E-state index in [1.807, 2.05) is 45.0 Å². The first-order valence-electron chi connectivity index (χ1n) is 6.49. The maximum absolute atomic E-state index is 11.8. The Morgan fingerprint density at radius 1 is 1.33 bits per heavy atom. The molecule has 0 amide bonds. The van der Waals surface area contributed by atoms with Crippen molar-refractivity contribution in [2.75, 3.05) is 0 Å². The Bertz CT molecular complexity index is 767. The van der Waals surface area contributed by atoms with Gasteiger partial charge in [0, 0.05) is 10.7 Å². The summed E-state index contributed by atoms with van der Waals surface area (Å²) in [5, 5.41) is 4.37. The predicted molar refractivity (Wildman–Crippen MR) is 84.9 cm³/mol. The Morgan fingerprint density at radius 3 is 2.52 bits per heavy atom. The summed E-state index contributed by atoms with van der Waals surface area (Å²) in [4.78, 5) is -0.0963. The van der Waals surface area contributed by atoms with Gasteiger partial charge >= 0.3 is 0 Å². The summed E-state index contributed by atoms with van der Waals surface area (Å²) in [6, 6.07) is 7.49. The molecule has 1 heterocycles. The van der Waals surface area contributed by atoms with Gasteiger partial charge in [-0.25, -0.2) is 13.1 Å². The van der Waals surface area contributed by atoms with Crippen molar-refractivity contribution < 1.29 is 8.42 Å². The lowest BCUT2D eigenvalue weighted by molar-refractivity contribution is 0.600. The molecule has 0 aliphatic rings. The van der Waals surface area contributed by atoms with Crippen LogP contribution in [0.2, 0.25) is 5.15 Å². The maximum atomic E-state index is 11.8. The molecule has 21 heavy (non-hydrogen) atoms. The second-order valence-electron chi connectivity index (χ2n) is 5.35. The smallest absolute Gasteiger partial charge is 0.220 e. The second kappa shape index (κ2) is 5.99. The summed E-state index contributed by atoms with van der Waals surface area (Å²) in [6.07, 6.45) is 0.486. The molecule has 0 unspecified atom stereocenters. The zero-order chi connectivity index (χ0) is 15.8. The van der Waals surface area contributed by atoms with Crippen molar-refractivity contribution in [3.63, 3.8) is 0 Å². The number of aromatic nitrogens is 2. The van der Waals surface area contributed by atoms with E-state index < -0.39 is 9.05 Å². The largest absolute Gasteiger partial charge is 0.266 e. The maximum Gasteiger partial charge on any atom is 0.266 e. The van der Waals surface area contributed by atoms with Crippen LogP contribution in [0.25, 0.3) is 5.69 Å². The molecule has 0 saturated carbocycles. The molecular formula is C14H16Cl2N2O2S. The fraction of sp³-hybridized carbons (Fsp3) is 0.357. The second-order valence-corrected chi connectivity index (χ2v) is 8.21. The molecule has 0 bridgehead atoms. The van der Waals surface area contributed by atoms with Crippen molar-refractivity contribution in [2.45, 2.75) is 32.1 Å². The monoisotopic (exact) mass is 346 g/mol. The van der Waals surface area contributed by atoms with Crippen LogP contribution in [0.3, 0.4) is 0 Å². The SMILES string of the molecule is Cc1cccc(-n2nc(CC(C)C)c(S(=O)(=O)Cl)c2Cl)c1. The molecule has 0 saturated heterocycles. The molecule has 0 atom stereocenters. The third-order valence-corrected chi connectivity index (χ3v) is 4.79. The average Bonchev–Trinajstić information content (AvgIpc) is 2.64. The zero-order valence-corrected chi connectivity index (χ0v) is 14.3. The fourth-order valence-corrected chi connectivity index (χ4v) is 3.96. The molecule has 0 aliphatic heterocycles. The quantitative estimate of drug-likeness (QED) is 0.787. The van der Waals surface area contributed by atoms with Gasteiger partial charge in [-0.05, 0) is 37.0 Å². The van der Waals surface area contributed by atoms with E-state index in [1.54, 1.807) is 0 Å². The molecule has 0 radical (unpaired) electrons. The standard InChI is InChI=1S/C14H16Cl2N2O2S/c1-9(2)7-12-13(21(16,19)20)14(15)18(17-12)11-6-4-5-10(3)8-11/h4-6,8-9H,7H2,1-3H3. The van der Waals surface area contributed by atoms with Crippen LogP contribution in [-0.2, 0) is 15.5 Å². The Balaban J connectivity index is 2.67. The molecule has 0 N–H and O–H groups in total. The third kappa shape index (κ3) is 3.59. The Morgan fingerprint density at radius 2 is 2.00 bits per heavy atom. The minimum absolute atomic E-state index is 0.0197. The van der Waals surface area contributed by atoms with Crippen LogP contribution in [0.15, 0.2) is 29.2 Å². The van der Waals surface area contributed by atoms with Crippen molar-refractivity contribution in [2.24, 2.45) is 5.92 Å². The minimum atomic E-state index is -3.95. The van der Waals surface area contributed by atoms with E-state index in [-0.39, 0.29) is 16.0 Å². The molecule has 4 nitrogen and oxygen atoms in total. The summed E-state index contributed by atoms with van der Waals surface area (Å²) in [6.45, 7) is 5.89. The van der Waals surface area contributed by atoms with Gasteiger partial charge in [0.2, 0.25) is 0 Å². The summed E-state index contributed by atoms with van der Waals surface area (Å²) >= 11 is 6.22. The van der Waals surface area contributed by atoms with E-state index in [2.05, 4.69) is 5.10 Å². The van der Waals surface area contributed by atoms with Crippen LogP contribution in [0, 0.1) is 12.8 Å². The van der Waals surface area contributed by atoms with E-state index in [1.165, 1.54) is 4.68 Å². The van der Waals surface area contributed by atoms with Gasteiger partial charge in [-0.3, -0.25) is 0 Å². The number of nitrogens with zero attached hydrogens (tertiary/aromatic N) is 2. The van der Waals surface area contributed by atoms with Crippen molar-refractivity contribution in [3.05, 3.63) is 40.7 Å². The van der Waals surface area contributed by atoms with E-state index in [0.717, 1.165) is 5.56 Å². The summed E-state index contributed by atoms with van der Waals surface area (Å²) in [7, 11) is 1.57. The molecule has 1 aromatic heterocycles. The highest BCUT2D eigenvalue weighted by Gasteiger charge is 2.27. The molecule has 2 aromatic rings. The predicted octanol–water partition coefficient (Wildman–Crippen LogP) is 3.96. The third-order valence-electron chi connectivity index (χ3n) is 2.95. The van der Waals surface area contributed by atoms with Crippen molar-refractivity contribution in [1.29, 1.82) is 0 Å². The van der Waals surface area contributed by atoms with Gasteiger partial charge in [0.15, 0.2) is 5.15 Å². The van der Waals surface area contributed by atoms with Crippen LogP contribution >= 0.6 is 22.3 Å². The Kier molecular flexibility index (Phi) is 4.66. The number of benzene rings is 1. The molecule has 0 aliphatic carbocycles. The van der Waals surface area contributed by atoms with Crippen molar-refractivity contribution in [3.8, 4) is 5.69 Å². The molecule has 1 aromatic carbocycles. The highest BCUT2D eigenvalue weighted by Crippen LogP contribution is 2.32. The van der Waals surface area contributed by atoms with Crippen LogP contribution in [0.5, 0.6) is 0 Å². The Labute approximate surface area is 134 Å². The summed E-state index contributed by atoms with van der Waals surface area (Å²) < 4.78 is 25.0.